The average Bonchev–Trinajstić information content (AvgIpc) is 2.56. The van der Waals surface area contributed by atoms with Crippen molar-refractivity contribution in [3.05, 3.63) is 77.4 Å². The summed E-state index contributed by atoms with van der Waals surface area (Å²) < 4.78 is 0. The summed E-state index contributed by atoms with van der Waals surface area (Å²) in [6.07, 6.45) is 6.34. The van der Waals surface area contributed by atoms with Crippen molar-refractivity contribution in [3.63, 3.8) is 0 Å². The highest BCUT2D eigenvalue weighted by Gasteiger charge is 2.02. The Balaban J connectivity index is 2.33. The molecule has 2 aromatic rings. The summed E-state index contributed by atoms with van der Waals surface area (Å²) in [5, 5.41) is 8.87. The molecule has 0 amide bonds. The van der Waals surface area contributed by atoms with Gasteiger partial charge in [0.25, 0.3) is 0 Å². The van der Waals surface area contributed by atoms with Gasteiger partial charge in [-0.2, -0.15) is 5.26 Å². The van der Waals surface area contributed by atoms with Gasteiger partial charge in [-0.1, -0.05) is 62.4 Å². The van der Waals surface area contributed by atoms with E-state index in [1.54, 1.807) is 0 Å². The van der Waals surface area contributed by atoms with Crippen LogP contribution in [0.4, 0.5) is 0 Å². The van der Waals surface area contributed by atoms with E-state index in [4.69, 9.17) is 5.26 Å². The molecule has 0 saturated heterocycles. The minimum absolute atomic E-state index is 0.690. The third-order valence-corrected chi connectivity index (χ3v) is 3.76. The van der Waals surface area contributed by atoms with Crippen LogP contribution in [0.15, 0.2) is 60.7 Å². The van der Waals surface area contributed by atoms with E-state index in [-0.39, 0.29) is 0 Å². The van der Waals surface area contributed by atoms with Crippen LogP contribution < -0.4 is 0 Å². The third-order valence-electron chi connectivity index (χ3n) is 3.76. The second-order valence-electron chi connectivity index (χ2n) is 5.43. The molecular formula is C21H21N. The second-order valence-corrected chi connectivity index (χ2v) is 5.43. The van der Waals surface area contributed by atoms with E-state index in [1.165, 1.54) is 22.3 Å². The van der Waals surface area contributed by atoms with Crippen LogP contribution in [-0.4, -0.2) is 0 Å². The molecule has 0 aliphatic carbocycles. The van der Waals surface area contributed by atoms with E-state index < -0.39 is 0 Å². The fraction of sp³-hybridized carbons (Fsp3) is 0.190. The van der Waals surface area contributed by atoms with Crippen LogP contribution in [0.1, 0.15) is 36.5 Å². The molecule has 0 radical (unpaired) electrons. The van der Waals surface area contributed by atoms with Crippen molar-refractivity contribution in [2.45, 2.75) is 26.7 Å². The van der Waals surface area contributed by atoms with Crippen LogP contribution in [0.3, 0.4) is 0 Å². The van der Waals surface area contributed by atoms with Gasteiger partial charge in [0, 0.05) is 0 Å². The van der Waals surface area contributed by atoms with Gasteiger partial charge >= 0.3 is 0 Å². The standard InChI is InChI=1S/C21H21N/c1-4-6-17(5-2)14-20-11-12-21(13-16(20)3)19-9-7-18(15-22)8-10-19/h5,7-14H,2,4,6H2,1,3H3/b17-14-. The Labute approximate surface area is 133 Å². The minimum Gasteiger partial charge on any atom is -0.192 e. The molecule has 0 heterocycles. The Kier molecular flexibility index (Phi) is 5.33. The van der Waals surface area contributed by atoms with Crippen LogP contribution >= 0.6 is 0 Å². The molecule has 0 aromatic heterocycles. The predicted molar refractivity (Wildman–Crippen MR) is 94.4 cm³/mol. The molecule has 0 aliphatic heterocycles. The highest BCUT2D eigenvalue weighted by Crippen LogP contribution is 2.24. The first kappa shape index (κ1) is 15.8. The lowest BCUT2D eigenvalue weighted by atomic mass is 9.97. The monoisotopic (exact) mass is 287 g/mol. The van der Waals surface area contributed by atoms with Gasteiger partial charge in [0.05, 0.1) is 11.6 Å². The summed E-state index contributed by atoms with van der Waals surface area (Å²) in [5.41, 5.74) is 6.76. The highest BCUT2D eigenvalue weighted by atomic mass is 14.2. The quantitative estimate of drug-likeness (QED) is 0.628. The molecule has 0 bridgehead atoms. The Morgan fingerprint density at radius 3 is 2.36 bits per heavy atom. The lowest BCUT2D eigenvalue weighted by Gasteiger charge is -2.08. The van der Waals surface area contributed by atoms with Crippen molar-refractivity contribution in [2.24, 2.45) is 0 Å². The number of hydrogen-bond acceptors (Lipinski definition) is 1. The second kappa shape index (κ2) is 7.43. The molecule has 1 nitrogen and oxygen atoms in total. The summed E-state index contributed by atoms with van der Waals surface area (Å²) in [4.78, 5) is 0. The first-order valence-electron chi connectivity index (χ1n) is 7.62. The van der Waals surface area contributed by atoms with Crippen molar-refractivity contribution in [3.8, 4) is 17.2 Å². The molecule has 0 unspecified atom stereocenters. The van der Waals surface area contributed by atoms with Gasteiger partial charge in [0.1, 0.15) is 0 Å². The molecule has 0 N–H and O–H groups in total. The molecule has 110 valence electrons. The third kappa shape index (κ3) is 3.74. The summed E-state index contributed by atoms with van der Waals surface area (Å²) in [6.45, 7) is 8.20. The van der Waals surface area contributed by atoms with E-state index in [0.717, 1.165) is 18.4 Å². The van der Waals surface area contributed by atoms with Gasteiger partial charge in [-0.15, -0.1) is 0 Å². The van der Waals surface area contributed by atoms with Crippen LogP contribution in [-0.2, 0) is 0 Å². The Hall–Kier alpha value is -2.59. The van der Waals surface area contributed by atoms with Gasteiger partial charge in [0.2, 0.25) is 0 Å². The first-order valence-corrected chi connectivity index (χ1v) is 7.62. The summed E-state index contributed by atoms with van der Waals surface area (Å²) in [5.74, 6) is 0. The Bertz CT molecular complexity index is 727. The molecule has 2 rings (SSSR count). The molecule has 0 spiro atoms. The van der Waals surface area contributed by atoms with Crippen LogP contribution in [0, 0.1) is 18.3 Å². The smallest absolute Gasteiger partial charge is 0.0991 e. The van der Waals surface area contributed by atoms with E-state index >= 15 is 0 Å². The van der Waals surface area contributed by atoms with Crippen LogP contribution in [0.5, 0.6) is 0 Å². The molecule has 0 saturated carbocycles. The SMILES string of the molecule is C=C/C(=C/c1ccc(-c2ccc(C#N)cc2)cc1C)CCC. The molecule has 22 heavy (non-hydrogen) atoms. The van der Waals surface area contributed by atoms with Crippen molar-refractivity contribution < 1.29 is 0 Å². The van der Waals surface area contributed by atoms with Crippen LogP contribution in [0.25, 0.3) is 17.2 Å². The number of aryl methyl sites for hydroxylation is 1. The van der Waals surface area contributed by atoms with Gasteiger partial charge in [-0.05, 0) is 53.3 Å². The normalized spacial score (nSPS) is 11.0. The number of nitrogens with zero attached hydrogens (tertiary/aromatic N) is 1. The minimum atomic E-state index is 0.690. The fourth-order valence-electron chi connectivity index (χ4n) is 2.48. The maximum atomic E-state index is 8.87. The van der Waals surface area contributed by atoms with Gasteiger partial charge < -0.3 is 0 Å². The highest BCUT2D eigenvalue weighted by molar-refractivity contribution is 5.69. The number of rotatable bonds is 5. The molecular weight excluding hydrogens is 266 g/mol. The maximum absolute atomic E-state index is 8.87. The zero-order valence-electron chi connectivity index (χ0n) is 13.3. The largest absolute Gasteiger partial charge is 0.192 e. The van der Waals surface area contributed by atoms with Gasteiger partial charge in [0.15, 0.2) is 0 Å². The van der Waals surface area contributed by atoms with Crippen molar-refractivity contribution in [1.29, 1.82) is 5.26 Å². The average molecular weight is 287 g/mol. The number of benzene rings is 2. The zero-order valence-corrected chi connectivity index (χ0v) is 13.3. The summed E-state index contributed by atoms with van der Waals surface area (Å²) >= 11 is 0. The fourth-order valence-corrected chi connectivity index (χ4v) is 2.48. The van der Waals surface area contributed by atoms with Gasteiger partial charge in [-0.25, -0.2) is 0 Å². The van der Waals surface area contributed by atoms with Crippen LogP contribution in [0.2, 0.25) is 0 Å². The number of allylic oxidation sites excluding steroid dienone is 2. The molecule has 0 fully saturated rings. The van der Waals surface area contributed by atoms with Crippen molar-refractivity contribution >= 4 is 6.08 Å². The van der Waals surface area contributed by atoms with E-state index in [0.29, 0.717) is 5.56 Å². The van der Waals surface area contributed by atoms with Crippen molar-refractivity contribution in [2.75, 3.05) is 0 Å². The molecule has 0 aliphatic rings. The topological polar surface area (TPSA) is 23.8 Å². The Morgan fingerprint density at radius 1 is 1.14 bits per heavy atom. The Morgan fingerprint density at radius 2 is 1.82 bits per heavy atom. The molecule has 2 aromatic carbocycles. The lowest BCUT2D eigenvalue weighted by molar-refractivity contribution is 0.932. The zero-order chi connectivity index (χ0) is 15.9. The molecule has 0 atom stereocenters. The lowest BCUT2D eigenvalue weighted by Crippen LogP contribution is -1.86. The van der Waals surface area contributed by atoms with Crippen molar-refractivity contribution in [1.82, 2.24) is 0 Å². The number of nitriles is 1. The van der Waals surface area contributed by atoms with E-state index in [1.807, 2.05) is 30.3 Å². The molecule has 1 heteroatoms. The first-order chi connectivity index (χ1) is 10.7. The van der Waals surface area contributed by atoms with E-state index in [2.05, 4.69) is 50.8 Å². The van der Waals surface area contributed by atoms with E-state index in [9.17, 15) is 0 Å². The summed E-state index contributed by atoms with van der Waals surface area (Å²) in [6, 6.07) is 16.3. The predicted octanol–water partition coefficient (Wildman–Crippen LogP) is 5.90. The number of hydrogen-bond donors (Lipinski definition) is 0. The van der Waals surface area contributed by atoms with Gasteiger partial charge in [-0.3, -0.25) is 0 Å². The summed E-state index contributed by atoms with van der Waals surface area (Å²) in [7, 11) is 0. The maximum Gasteiger partial charge on any atom is 0.0991 e.